The van der Waals surface area contributed by atoms with Crippen molar-refractivity contribution in [3.8, 4) is 0 Å². The molecule has 0 fully saturated rings. The van der Waals surface area contributed by atoms with Crippen molar-refractivity contribution in [3.05, 3.63) is 0 Å². The molecular weight excluding hydrogens is 240 g/mol. The summed E-state index contributed by atoms with van der Waals surface area (Å²) in [6.07, 6.45) is 0. The van der Waals surface area contributed by atoms with Crippen LogP contribution in [0.2, 0.25) is 0 Å². The molecule has 0 N–H and O–H groups in total. The predicted molar refractivity (Wildman–Crippen MR) is 50.8 cm³/mol. The molecule has 2 unspecified atom stereocenters. The standard InChI is InChI=1S/C8H13BrO4/c1-5(10)6(9)8(2,13-4)7(11)12-3/h6H,1-4H3. The highest BCUT2D eigenvalue weighted by atomic mass is 79.9. The Bertz CT molecular complexity index is 216. The molecule has 2 atom stereocenters. The van der Waals surface area contributed by atoms with Gasteiger partial charge < -0.3 is 9.47 Å². The zero-order valence-electron chi connectivity index (χ0n) is 8.09. The molecule has 13 heavy (non-hydrogen) atoms. The van der Waals surface area contributed by atoms with Crippen LogP contribution in [-0.4, -0.2) is 36.4 Å². The molecule has 0 aliphatic rings. The first-order valence-corrected chi connectivity index (χ1v) is 4.59. The summed E-state index contributed by atoms with van der Waals surface area (Å²) in [7, 11) is 2.60. The monoisotopic (exact) mass is 252 g/mol. The second-order valence-corrected chi connectivity index (χ2v) is 3.69. The number of esters is 1. The topological polar surface area (TPSA) is 52.6 Å². The lowest BCUT2D eigenvalue weighted by Crippen LogP contribution is -2.49. The molecule has 0 amide bonds. The summed E-state index contributed by atoms with van der Waals surface area (Å²) in [5.41, 5.74) is -1.26. The van der Waals surface area contributed by atoms with Crippen molar-refractivity contribution in [1.29, 1.82) is 0 Å². The number of alkyl halides is 1. The van der Waals surface area contributed by atoms with E-state index in [4.69, 9.17) is 4.74 Å². The van der Waals surface area contributed by atoms with Crippen molar-refractivity contribution < 1.29 is 19.1 Å². The first-order valence-electron chi connectivity index (χ1n) is 3.68. The number of hydrogen-bond donors (Lipinski definition) is 0. The lowest BCUT2D eigenvalue weighted by molar-refractivity contribution is -0.165. The summed E-state index contributed by atoms with van der Waals surface area (Å²) in [6.45, 7) is 2.87. The largest absolute Gasteiger partial charge is 0.467 e. The SMILES string of the molecule is COC(=O)C(C)(OC)C(Br)C(C)=O. The average Bonchev–Trinajstić information content (AvgIpc) is 2.13. The van der Waals surface area contributed by atoms with Gasteiger partial charge in [0.25, 0.3) is 0 Å². The Kier molecular flexibility index (Phi) is 4.56. The lowest BCUT2D eigenvalue weighted by Gasteiger charge is -2.28. The summed E-state index contributed by atoms with van der Waals surface area (Å²) in [5.74, 6) is -0.762. The minimum Gasteiger partial charge on any atom is -0.467 e. The molecule has 0 radical (unpaired) electrons. The Morgan fingerprint density at radius 3 is 2.08 bits per heavy atom. The summed E-state index contributed by atoms with van der Waals surface area (Å²) in [5, 5.41) is 0. The van der Waals surface area contributed by atoms with Crippen LogP contribution < -0.4 is 0 Å². The summed E-state index contributed by atoms with van der Waals surface area (Å²) >= 11 is 3.09. The van der Waals surface area contributed by atoms with Gasteiger partial charge in [-0.05, 0) is 13.8 Å². The molecule has 0 aromatic carbocycles. The van der Waals surface area contributed by atoms with Crippen molar-refractivity contribution in [3.63, 3.8) is 0 Å². The molecule has 0 aliphatic heterocycles. The first kappa shape index (κ1) is 12.6. The first-order chi connectivity index (χ1) is 5.90. The van der Waals surface area contributed by atoms with E-state index in [-0.39, 0.29) is 5.78 Å². The van der Waals surface area contributed by atoms with E-state index in [9.17, 15) is 9.59 Å². The van der Waals surface area contributed by atoms with Gasteiger partial charge in [0, 0.05) is 7.11 Å². The number of carbonyl (C=O) groups is 2. The van der Waals surface area contributed by atoms with Crippen LogP contribution in [0.3, 0.4) is 0 Å². The summed E-state index contributed by atoms with van der Waals surface area (Å²) < 4.78 is 9.50. The third kappa shape index (κ3) is 2.51. The molecule has 0 saturated heterocycles. The van der Waals surface area contributed by atoms with Crippen LogP contribution in [0, 0.1) is 0 Å². The highest BCUT2D eigenvalue weighted by Crippen LogP contribution is 2.24. The Morgan fingerprint density at radius 2 is 1.85 bits per heavy atom. The Balaban J connectivity index is 4.82. The molecule has 76 valence electrons. The number of Topliss-reactive ketones (excluding diaryl/α,β-unsaturated/α-hetero) is 1. The number of halogens is 1. The maximum atomic E-state index is 11.3. The van der Waals surface area contributed by atoms with Crippen molar-refractivity contribution >= 4 is 27.7 Å². The van der Waals surface area contributed by atoms with Gasteiger partial charge in [0.15, 0.2) is 5.60 Å². The number of carbonyl (C=O) groups excluding carboxylic acids is 2. The van der Waals surface area contributed by atoms with E-state index in [2.05, 4.69) is 20.7 Å². The van der Waals surface area contributed by atoms with E-state index < -0.39 is 16.4 Å². The molecule has 0 bridgehead atoms. The zero-order chi connectivity index (χ0) is 10.6. The molecule has 0 saturated carbocycles. The van der Waals surface area contributed by atoms with Gasteiger partial charge in [0.05, 0.1) is 7.11 Å². The summed E-state index contributed by atoms with van der Waals surface area (Å²) in [6, 6.07) is 0. The van der Waals surface area contributed by atoms with E-state index in [1.54, 1.807) is 0 Å². The number of rotatable bonds is 4. The predicted octanol–water partition coefficient (Wildman–Crippen LogP) is 0.917. The quantitative estimate of drug-likeness (QED) is 0.552. The van der Waals surface area contributed by atoms with Crippen LogP contribution in [0.15, 0.2) is 0 Å². The fourth-order valence-electron chi connectivity index (χ4n) is 0.881. The Labute approximate surface area is 85.7 Å². The van der Waals surface area contributed by atoms with E-state index in [1.807, 2.05) is 0 Å². The maximum Gasteiger partial charge on any atom is 0.339 e. The number of hydrogen-bond acceptors (Lipinski definition) is 4. The Hall–Kier alpha value is -0.420. The van der Waals surface area contributed by atoms with Crippen LogP contribution in [0.4, 0.5) is 0 Å². The molecule has 0 aliphatic carbocycles. The minimum atomic E-state index is -1.26. The third-order valence-corrected chi connectivity index (χ3v) is 3.37. The van der Waals surface area contributed by atoms with Crippen molar-refractivity contribution in [2.75, 3.05) is 14.2 Å². The third-order valence-electron chi connectivity index (χ3n) is 1.86. The smallest absolute Gasteiger partial charge is 0.339 e. The maximum absolute atomic E-state index is 11.3. The lowest BCUT2D eigenvalue weighted by atomic mass is 10.00. The molecule has 0 aromatic heterocycles. The van der Waals surface area contributed by atoms with Gasteiger partial charge in [-0.25, -0.2) is 4.79 Å². The van der Waals surface area contributed by atoms with Crippen LogP contribution in [0.1, 0.15) is 13.8 Å². The van der Waals surface area contributed by atoms with E-state index in [1.165, 1.54) is 28.1 Å². The zero-order valence-corrected chi connectivity index (χ0v) is 9.67. The molecule has 0 heterocycles. The number of ketones is 1. The van der Waals surface area contributed by atoms with Gasteiger partial charge in [-0.15, -0.1) is 0 Å². The molecule has 4 nitrogen and oxygen atoms in total. The van der Waals surface area contributed by atoms with Crippen LogP contribution >= 0.6 is 15.9 Å². The van der Waals surface area contributed by atoms with Gasteiger partial charge >= 0.3 is 5.97 Å². The fraction of sp³-hybridized carbons (Fsp3) is 0.750. The molecule has 0 spiro atoms. The average molecular weight is 253 g/mol. The molecule has 5 heteroatoms. The minimum absolute atomic E-state index is 0.185. The molecule has 0 rings (SSSR count). The Morgan fingerprint density at radius 1 is 1.38 bits per heavy atom. The van der Waals surface area contributed by atoms with E-state index in [0.717, 1.165) is 0 Å². The van der Waals surface area contributed by atoms with Crippen molar-refractivity contribution in [1.82, 2.24) is 0 Å². The van der Waals surface area contributed by atoms with Crippen LogP contribution in [-0.2, 0) is 19.1 Å². The van der Waals surface area contributed by atoms with Crippen LogP contribution in [0.25, 0.3) is 0 Å². The number of ether oxygens (including phenoxy) is 2. The number of methoxy groups -OCH3 is 2. The molecule has 0 aromatic rings. The van der Waals surface area contributed by atoms with Gasteiger partial charge in [0.1, 0.15) is 10.6 Å². The van der Waals surface area contributed by atoms with Gasteiger partial charge in [-0.2, -0.15) is 0 Å². The fourth-order valence-corrected chi connectivity index (χ4v) is 1.25. The highest BCUT2D eigenvalue weighted by molar-refractivity contribution is 9.10. The second kappa shape index (κ2) is 4.72. The van der Waals surface area contributed by atoms with Gasteiger partial charge in [0.2, 0.25) is 0 Å². The normalized spacial score (nSPS) is 17.3. The summed E-state index contributed by atoms with van der Waals surface area (Å²) in [4.78, 5) is 21.6. The van der Waals surface area contributed by atoms with Crippen molar-refractivity contribution in [2.45, 2.75) is 24.3 Å². The van der Waals surface area contributed by atoms with E-state index in [0.29, 0.717) is 0 Å². The second-order valence-electron chi connectivity index (χ2n) is 2.78. The van der Waals surface area contributed by atoms with Gasteiger partial charge in [-0.3, -0.25) is 4.79 Å². The van der Waals surface area contributed by atoms with Crippen molar-refractivity contribution in [2.24, 2.45) is 0 Å². The van der Waals surface area contributed by atoms with Crippen LogP contribution in [0.5, 0.6) is 0 Å². The van der Waals surface area contributed by atoms with E-state index >= 15 is 0 Å². The highest BCUT2D eigenvalue weighted by Gasteiger charge is 2.44. The molecular formula is C8H13BrO4. The van der Waals surface area contributed by atoms with Gasteiger partial charge in [-0.1, -0.05) is 15.9 Å².